The van der Waals surface area contributed by atoms with Crippen LogP contribution >= 0.6 is 11.6 Å². The molecule has 1 aromatic rings. The highest BCUT2D eigenvalue weighted by Crippen LogP contribution is 2.38. The van der Waals surface area contributed by atoms with Crippen molar-refractivity contribution >= 4 is 21.9 Å². The van der Waals surface area contributed by atoms with Crippen molar-refractivity contribution in [1.29, 1.82) is 0 Å². The summed E-state index contributed by atoms with van der Waals surface area (Å²) in [5.41, 5.74) is 0.600. The van der Waals surface area contributed by atoms with Crippen molar-refractivity contribution in [3.8, 4) is 0 Å². The van der Waals surface area contributed by atoms with Gasteiger partial charge in [-0.3, -0.25) is 4.18 Å². The van der Waals surface area contributed by atoms with Crippen LogP contribution in [0.15, 0.2) is 12.4 Å². The molecule has 10 heteroatoms. The quantitative estimate of drug-likeness (QED) is 0.804. The summed E-state index contributed by atoms with van der Waals surface area (Å²) in [6.07, 6.45) is 1.72. The summed E-state index contributed by atoms with van der Waals surface area (Å²) >= 11 is 5.62. The van der Waals surface area contributed by atoms with E-state index in [-0.39, 0.29) is 11.9 Å². The van der Waals surface area contributed by atoms with Crippen LogP contribution in [-0.2, 0) is 24.0 Å². The standard InChI is InChI=1S/C10H14ClN3O5S/c1-10(2)18-7(5-17-20(12,15)16)8(19-10)6-3-13-9(11)14-4-6/h3-4,7-8H,5H2,1-2H3,(H2,12,15,16). The maximum Gasteiger partial charge on any atom is 0.333 e. The van der Waals surface area contributed by atoms with Crippen molar-refractivity contribution in [2.75, 3.05) is 6.61 Å². The van der Waals surface area contributed by atoms with Gasteiger partial charge in [0, 0.05) is 18.0 Å². The van der Waals surface area contributed by atoms with E-state index in [1.807, 2.05) is 0 Å². The van der Waals surface area contributed by atoms with Gasteiger partial charge in [-0.15, -0.1) is 0 Å². The predicted octanol–water partition coefficient (Wildman–Crippen LogP) is 0.543. The molecule has 8 nitrogen and oxygen atoms in total. The third-order valence-corrected chi connectivity index (χ3v) is 3.21. The highest BCUT2D eigenvalue weighted by atomic mass is 35.5. The Labute approximate surface area is 121 Å². The summed E-state index contributed by atoms with van der Waals surface area (Å²) < 4.78 is 37.5. The van der Waals surface area contributed by atoms with Crippen LogP contribution < -0.4 is 5.14 Å². The van der Waals surface area contributed by atoms with Gasteiger partial charge in [-0.2, -0.15) is 8.42 Å². The first-order chi connectivity index (χ1) is 9.16. The third-order valence-electron chi connectivity index (χ3n) is 2.55. The molecular formula is C10H14ClN3O5S. The average molecular weight is 324 g/mol. The van der Waals surface area contributed by atoms with Crippen molar-refractivity contribution in [1.82, 2.24) is 9.97 Å². The monoisotopic (exact) mass is 323 g/mol. The summed E-state index contributed by atoms with van der Waals surface area (Å²) in [4.78, 5) is 7.70. The fourth-order valence-corrected chi connectivity index (χ4v) is 2.29. The molecule has 2 rings (SSSR count). The molecule has 0 spiro atoms. The first-order valence-corrected chi connectivity index (χ1v) is 7.51. The molecule has 1 aromatic heterocycles. The second kappa shape index (κ2) is 5.51. The number of nitrogens with two attached hydrogens (primary N) is 1. The van der Waals surface area contributed by atoms with E-state index < -0.39 is 28.3 Å². The number of nitrogens with zero attached hydrogens (tertiary/aromatic N) is 2. The van der Waals surface area contributed by atoms with E-state index in [9.17, 15) is 8.42 Å². The fraction of sp³-hybridized carbons (Fsp3) is 0.600. The van der Waals surface area contributed by atoms with E-state index in [0.717, 1.165) is 0 Å². The molecule has 2 N–H and O–H groups in total. The molecule has 1 fully saturated rings. The fourth-order valence-electron chi connectivity index (χ4n) is 1.87. The smallest absolute Gasteiger partial charge is 0.333 e. The Kier molecular flexibility index (Phi) is 4.28. The Morgan fingerprint density at radius 1 is 1.40 bits per heavy atom. The number of hydrogen-bond donors (Lipinski definition) is 1. The molecule has 2 atom stereocenters. The zero-order valence-corrected chi connectivity index (χ0v) is 12.4. The van der Waals surface area contributed by atoms with Gasteiger partial charge in [0.05, 0.1) is 6.61 Å². The van der Waals surface area contributed by atoms with E-state index in [2.05, 4.69) is 14.2 Å². The topological polar surface area (TPSA) is 114 Å². The molecule has 0 amide bonds. The van der Waals surface area contributed by atoms with Crippen LogP contribution in [0.5, 0.6) is 0 Å². The summed E-state index contributed by atoms with van der Waals surface area (Å²) in [5.74, 6) is -0.892. The molecule has 112 valence electrons. The molecule has 0 radical (unpaired) electrons. The van der Waals surface area contributed by atoms with Crippen LogP contribution in [0, 0.1) is 0 Å². The van der Waals surface area contributed by atoms with Crippen LogP contribution in [0.25, 0.3) is 0 Å². The Bertz CT molecular complexity index is 577. The Hall–Kier alpha value is -0.840. The Morgan fingerprint density at radius 2 is 2.00 bits per heavy atom. The van der Waals surface area contributed by atoms with Crippen molar-refractivity contribution < 1.29 is 22.1 Å². The van der Waals surface area contributed by atoms with Gasteiger partial charge < -0.3 is 9.47 Å². The summed E-state index contributed by atoms with van der Waals surface area (Å²) in [7, 11) is -4.05. The molecule has 2 unspecified atom stereocenters. The maximum atomic E-state index is 10.9. The molecule has 0 aliphatic carbocycles. The van der Waals surface area contributed by atoms with Gasteiger partial charge in [-0.05, 0) is 25.4 Å². The lowest BCUT2D eigenvalue weighted by Gasteiger charge is -2.16. The Balaban J connectivity index is 2.17. The van der Waals surface area contributed by atoms with Gasteiger partial charge in [0.1, 0.15) is 12.2 Å². The minimum Gasteiger partial charge on any atom is -0.342 e. The lowest BCUT2D eigenvalue weighted by atomic mass is 10.1. The first-order valence-electron chi connectivity index (χ1n) is 5.66. The van der Waals surface area contributed by atoms with E-state index in [1.54, 1.807) is 13.8 Å². The normalized spacial score (nSPS) is 25.8. The molecular weight excluding hydrogens is 310 g/mol. The van der Waals surface area contributed by atoms with Crippen LogP contribution in [-0.4, -0.2) is 36.9 Å². The van der Waals surface area contributed by atoms with Crippen LogP contribution in [0.2, 0.25) is 5.28 Å². The van der Waals surface area contributed by atoms with Crippen LogP contribution in [0.3, 0.4) is 0 Å². The molecule has 2 heterocycles. The Morgan fingerprint density at radius 3 is 2.55 bits per heavy atom. The van der Waals surface area contributed by atoms with Gasteiger partial charge in [0.15, 0.2) is 5.79 Å². The second-order valence-electron chi connectivity index (χ2n) is 4.66. The van der Waals surface area contributed by atoms with Gasteiger partial charge >= 0.3 is 10.3 Å². The van der Waals surface area contributed by atoms with E-state index >= 15 is 0 Å². The number of hydrogen-bond acceptors (Lipinski definition) is 7. The van der Waals surface area contributed by atoms with Crippen molar-refractivity contribution in [3.05, 3.63) is 23.2 Å². The number of ether oxygens (including phenoxy) is 2. The van der Waals surface area contributed by atoms with Gasteiger partial charge in [0.25, 0.3) is 0 Å². The van der Waals surface area contributed by atoms with Crippen molar-refractivity contribution in [2.24, 2.45) is 5.14 Å². The van der Waals surface area contributed by atoms with E-state index in [4.69, 9.17) is 26.2 Å². The third kappa shape index (κ3) is 4.08. The number of aromatic nitrogens is 2. The zero-order valence-electron chi connectivity index (χ0n) is 10.8. The second-order valence-corrected chi connectivity index (χ2v) is 6.22. The first kappa shape index (κ1) is 15.5. The van der Waals surface area contributed by atoms with Crippen LogP contribution in [0.1, 0.15) is 25.5 Å². The predicted molar refractivity (Wildman–Crippen MR) is 68.9 cm³/mol. The maximum absolute atomic E-state index is 10.9. The molecule has 1 saturated heterocycles. The minimum absolute atomic E-state index is 0.101. The highest BCUT2D eigenvalue weighted by molar-refractivity contribution is 7.84. The van der Waals surface area contributed by atoms with Gasteiger partial charge in [-0.1, -0.05) is 0 Å². The zero-order chi connectivity index (χ0) is 15.0. The molecule has 1 aliphatic heterocycles. The lowest BCUT2D eigenvalue weighted by Crippen LogP contribution is -2.28. The van der Waals surface area contributed by atoms with Crippen molar-refractivity contribution in [2.45, 2.75) is 31.8 Å². The lowest BCUT2D eigenvalue weighted by molar-refractivity contribution is -0.148. The van der Waals surface area contributed by atoms with Crippen LogP contribution in [0.4, 0.5) is 0 Å². The average Bonchev–Trinajstić information content (AvgIpc) is 2.62. The highest BCUT2D eigenvalue weighted by Gasteiger charge is 2.43. The molecule has 20 heavy (non-hydrogen) atoms. The van der Waals surface area contributed by atoms with Crippen molar-refractivity contribution in [3.63, 3.8) is 0 Å². The largest absolute Gasteiger partial charge is 0.342 e. The molecule has 1 aliphatic rings. The summed E-state index contributed by atoms with van der Waals surface area (Å²) in [6, 6.07) is 0. The number of rotatable bonds is 4. The minimum atomic E-state index is -4.05. The molecule has 0 bridgehead atoms. The molecule has 0 saturated carbocycles. The van der Waals surface area contributed by atoms with E-state index in [0.29, 0.717) is 5.56 Å². The summed E-state index contributed by atoms with van der Waals surface area (Å²) in [5, 5.41) is 4.90. The summed E-state index contributed by atoms with van der Waals surface area (Å²) in [6.45, 7) is 3.14. The van der Waals surface area contributed by atoms with Gasteiger partial charge in [0.2, 0.25) is 5.28 Å². The molecule has 0 aromatic carbocycles. The van der Waals surface area contributed by atoms with E-state index in [1.165, 1.54) is 12.4 Å². The SMILES string of the molecule is CC1(C)OC(COS(N)(=O)=O)C(c2cnc(Cl)nc2)O1. The number of halogens is 1. The van der Waals surface area contributed by atoms with Gasteiger partial charge in [-0.25, -0.2) is 15.1 Å².